The number of carbonyl (C=O) groups excluding carboxylic acids is 1. The molecule has 0 saturated carbocycles. The standard InChI is InChI=1S/C17H24N2O6S/c1-3-13-6-4-5-7-15(13)17(22)18-8-9-25-14(10-18)11-19(12-16(20)21)26(2,23)24/h4-7,14H,3,8-12H2,1-2H3,(H,20,21). The van der Waals surface area contributed by atoms with Gasteiger partial charge in [-0.25, -0.2) is 8.42 Å². The lowest BCUT2D eigenvalue weighted by Crippen LogP contribution is -2.51. The van der Waals surface area contributed by atoms with E-state index in [2.05, 4.69) is 0 Å². The lowest BCUT2D eigenvalue weighted by molar-refractivity contribution is -0.137. The zero-order valence-corrected chi connectivity index (χ0v) is 15.7. The molecular formula is C17H24N2O6S. The molecule has 144 valence electrons. The summed E-state index contributed by atoms with van der Waals surface area (Å²) < 4.78 is 30.0. The van der Waals surface area contributed by atoms with Crippen LogP contribution in [0.3, 0.4) is 0 Å². The number of amides is 1. The fourth-order valence-corrected chi connectivity index (χ4v) is 3.70. The van der Waals surface area contributed by atoms with E-state index >= 15 is 0 Å². The molecule has 1 saturated heterocycles. The van der Waals surface area contributed by atoms with Crippen LogP contribution in [0.4, 0.5) is 0 Å². The highest BCUT2D eigenvalue weighted by Gasteiger charge is 2.30. The van der Waals surface area contributed by atoms with E-state index < -0.39 is 28.6 Å². The summed E-state index contributed by atoms with van der Waals surface area (Å²) in [5, 5.41) is 8.91. The van der Waals surface area contributed by atoms with E-state index in [1.165, 1.54) is 0 Å². The number of carboxylic acids is 1. The molecule has 9 heteroatoms. The molecule has 26 heavy (non-hydrogen) atoms. The molecule has 0 spiro atoms. The van der Waals surface area contributed by atoms with Crippen molar-refractivity contribution in [2.45, 2.75) is 19.4 Å². The Labute approximate surface area is 153 Å². The Balaban J connectivity index is 2.10. The van der Waals surface area contributed by atoms with Gasteiger partial charge in [-0.15, -0.1) is 0 Å². The number of aryl methyl sites for hydroxylation is 1. The Morgan fingerprint density at radius 3 is 2.65 bits per heavy atom. The molecule has 1 unspecified atom stereocenters. The van der Waals surface area contributed by atoms with Crippen LogP contribution in [-0.4, -0.2) is 79.8 Å². The van der Waals surface area contributed by atoms with Gasteiger partial charge in [0, 0.05) is 25.2 Å². The van der Waals surface area contributed by atoms with Crippen molar-refractivity contribution in [1.82, 2.24) is 9.21 Å². The number of carbonyl (C=O) groups is 2. The summed E-state index contributed by atoms with van der Waals surface area (Å²) in [7, 11) is -3.69. The van der Waals surface area contributed by atoms with Gasteiger partial charge in [0.1, 0.15) is 6.54 Å². The number of nitrogens with zero attached hydrogens (tertiary/aromatic N) is 2. The van der Waals surface area contributed by atoms with Crippen LogP contribution in [0.5, 0.6) is 0 Å². The molecule has 0 radical (unpaired) electrons. The summed E-state index contributed by atoms with van der Waals surface area (Å²) in [5.41, 5.74) is 1.57. The molecule has 1 aromatic carbocycles. The van der Waals surface area contributed by atoms with Crippen molar-refractivity contribution >= 4 is 21.9 Å². The number of morpholine rings is 1. The number of aliphatic carboxylic acids is 1. The molecule has 8 nitrogen and oxygen atoms in total. The number of hydrogen-bond donors (Lipinski definition) is 1. The molecule has 1 amide bonds. The second-order valence-electron chi connectivity index (χ2n) is 6.20. The summed E-state index contributed by atoms with van der Waals surface area (Å²) in [6.07, 6.45) is 1.12. The van der Waals surface area contributed by atoms with Gasteiger partial charge in [-0.1, -0.05) is 25.1 Å². The molecule has 1 atom stereocenters. The second-order valence-corrected chi connectivity index (χ2v) is 8.19. The monoisotopic (exact) mass is 384 g/mol. The highest BCUT2D eigenvalue weighted by atomic mass is 32.2. The lowest BCUT2D eigenvalue weighted by atomic mass is 10.0. The molecule has 1 heterocycles. The predicted octanol–water partition coefficient (Wildman–Crippen LogP) is 0.436. The van der Waals surface area contributed by atoms with E-state index in [0.29, 0.717) is 12.1 Å². The fraction of sp³-hybridized carbons (Fsp3) is 0.529. The maximum absolute atomic E-state index is 12.8. The third-order valence-electron chi connectivity index (χ3n) is 4.24. The molecule has 1 aromatic rings. The lowest BCUT2D eigenvalue weighted by Gasteiger charge is -2.35. The average Bonchev–Trinajstić information content (AvgIpc) is 2.59. The third kappa shape index (κ3) is 5.26. The Bertz CT molecular complexity index is 764. The molecule has 1 fully saturated rings. The molecule has 0 aliphatic carbocycles. The van der Waals surface area contributed by atoms with Crippen LogP contribution in [0.2, 0.25) is 0 Å². The van der Waals surface area contributed by atoms with Crippen molar-refractivity contribution in [3.63, 3.8) is 0 Å². The van der Waals surface area contributed by atoms with Gasteiger partial charge in [-0.3, -0.25) is 9.59 Å². The van der Waals surface area contributed by atoms with Crippen molar-refractivity contribution in [3.8, 4) is 0 Å². The molecular weight excluding hydrogens is 360 g/mol. The van der Waals surface area contributed by atoms with Crippen LogP contribution in [-0.2, 0) is 26.0 Å². The number of hydrogen-bond acceptors (Lipinski definition) is 5. The van der Waals surface area contributed by atoms with Gasteiger partial charge < -0.3 is 14.7 Å². The van der Waals surface area contributed by atoms with E-state index in [9.17, 15) is 18.0 Å². The average molecular weight is 384 g/mol. The zero-order chi connectivity index (χ0) is 19.3. The number of rotatable bonds is 7. The third-order valence-corrected chi connectivity index (χ3v) is 5.46. The fourth-order valence-electron chi connectivity index (χ4n) is 2.92. The normalized spacial score (nSPS) is 18.1. The van der Waals surface area contributed by atoms with Gasteiger partial charge in [0.25, 0.3) is 5.91 Å². The highest BCUT2D eigenvalue weighted by Crippen LogP contribution is 2.16. The molecule has 1 aliphatic heterocycles. The van der Waals surface area contributed by atoms with Gasteiger partial charge in [0.2, 0.25) is 10.0 Å². The SMILES string of the molecule is CCc1ccccc1C(=O)N1CCOC(CN(CC(=O)O)S(C)(=O)=O)C1. The largest absolute Gasteiger partial charge is 0.480 e. The Morgan fingerprint density at radius 1 is 1.35 bits per heavy atom. The number of carboxylic acid groups (broad SMARTS) is 1. The van der Waals surface area contributed by atoms with Gasteiger partial charge in [-0.05, 0) is 18.1 Å². The minimum absolute atomic E-state index is 0.107. The topological polar surface area (TPSA) is 104 Å². The smallest absolute Gasteiger partial charge is 0.318 e. The molecule has 1 aliphatic rings. The van der Waals surface area contributed by atoms with Gasteiger partial charge in [-0.2, -0.15) is 4.31 Å². The Kier molecular flexibility index (Phi) is 6.74. The number of ether oxygens (including phenoxy) is 1. The summed E-state index contributed by atoms with van der Waals surface area (Å²) in [6, 6.07) is 7.37. The van der Waals surface area contributed by atoms with E-state index in [1.54, 1.807) is 11.0 Å². The molecule has 2 rings (SSSR count). The number of sulfonamides is 1. The van der Waals surface area contributed by atoms with E-state index in [1.807, 2.05) is 25.1 Å². The summed E-state index contributed by atoms with van der Waals surface area (Å²) in [6.45, 7) is 2.13. The highest BCUT2D eigenvalue weighted by molar-refractivity contribution is 7.88. The molecule has 0 aromatic heterocycles. The quantitative estimate of drug-likeness (QED) is 0.731. The first-order chi connectivity index (χ1) is 12.2. The summed E-state index contributed by atoms with van der Waals surface area (Å²) in [4.78, 5) is 25.4. The zero-order valence-electron chi connectivity index (χ0n) is 14.9. The van der Waals surface area contributed by atoms with Crippen molar-refractivity contribution < 1.29 is 27.9 Å². The first kappa shape index (κ1) is 20.3. The summed E-state index contributed by atoms with van der Waals surface area (Å²) in [5.74, 6) is -1.36. The van der Waals surface area contributed by atoms with Gasteiger partial charge in [0.15, 0.2) is 0 Å². The van der Waals surface area contributed by atoms with Gasteiger partial charge in [0.05, 0.1) is 19.0 Å². The first-order valence-corrected chi connectivity index (χ1v) is 10.2. The van der Waals surface area contributed by atoms with Crippen molar-refractivity contribution in [1.29, 1.82) is 0 Å². The molecule has 0 bridgehead atoms. The predicted molar refractivity (Wildman–Crippen MR) is 95.5 cm³/mol. The van der Waals surface area contributed by atoms with Crippen LogP contribution in [0.15, 0.2) is 24.3 Å². The van der Waals surface area contributed by atoms with Crippen molar-refractivity contribution in [2.75, 3.05) is 39.0 Å². The van der Waals surface area contributed by atoms with Crippen LogP contribution >= 0.6 is 0 Å². The van der Waals surface area contributed by atoms with Crippen LogP contribution in [0.1, 0.15) is 22.8 Å². The van der Waals surface area contributed by atoms with Crippen molar-refractivity contribution in [3.05, 3.63) is 35.4 Å². The van der Waals surface area contributed by atoms with E-state index in [-0.39, 0.29) is 25.6 Å². The maximum atomic E-state index is 12.8. The van der Waals surface area contributed by atoms with E-state index in [0.717, 1.165) is 22.5 Å². The van der Waals surface area contributed by atoms with E-state index in [4.69, 9.17) is 9.84 Å². The number of benzene rings is 1. The maximum Gasteiger partial charge on any atom is 0.318 e. The first-order valence-electron chi connectivity index (χ1n) is 8.38. The second kappa shape index (κ2) is 8.61. The molecule has 1 N–H and O–H groups in total. The minimum atomic E-state index is -3.69. The van der Waals surface area contributed by atoms with Crippen LogP contribution < -0.4 is 0 Å². The summed E-state index contributed by atoms with van der Waals surface area (Å²) >= 11 is 0. The van der Waals surface area contributed by atoms with Crippen LogP contribution in [0, 0.1) is 0 Å². The van der Waals surface area contributed by atoms with Crippen molar-refractivity contribution in [2.24, 2.45) is 0 Å². The minimum Gasteiger partial charge on any atom is -0.480 e. The van der Waals surface area contributed by atoms with Gasteiger partial charge >= 0.3 is 5.97 Å². The Hall–Kier alpha value is -1.97. The van der Waals surface area contributed by atoms with Crippen LogP contribution in [0.25, 0.3) is 0 Å². The Morgan fingerprint density at radius 2 is 2.04 bits per heavy atom.